The number of nitro groups is 1. The predicted octanol–water partition coefficient (Wildman–Crippen LogP) is 5.27. The molecule has 0 aliphatic heterocycles. The minimum absolute atomic E-state index is 0.0553. The van der Waals surface area contributed by atoms with Gasteiger partial charge in [0.25, 0.3) is 5.69 Å². The first-order valence-corrected chi connectivity index (χ1v) is 7.32. The van der Waals surface area contributed by atoms with E-state index in [0.717, 1.165) is 0 Å². The molecular formula is C14H6Cl3N3O3. The Labute approximate surface area is 144 Å². The van der Waals surface area contributed by atoms with Crippen LogP contribution in [-0.4, -0.2) is 15.1 Å². The van der Waals surface area contributed by atoms with Crippen LogP contribution in [0.25, 0.3) is 22.9 Å². The van der Waals surface area contributed by atoms with Gasteiger partial charge in [-0.1, -0.05) is 34.8 Å². The van der Waals surface area contributed by atoms with Crippen molar-refractivity contribution in [1.29, 1.82) is 0 Å². The van der Waals surface area contributed by atoms with Gasteiger partial charge in [-0.2, -0.15) is 0 Å². The summed E-state index contributed by atoms with van der Waals surface area (Å²) in [5.41, 5.74) is 0.634. The third-order valence-electron chi connectivity index (χ3n) is 2.98. The van der Waals surface area contributed by atoms with Crippen LogP contribution in [-0.2, 0) is 0 Å². The maximum atomic E-state index is 10.9. The van der Waals surface area contributed by atoms with Gasteiger partial charge in [-0.25, -0.2) is 0 Å². The second kappa shape index (κ2) is 6.16. The minimum atomic E-state index is -0.535. The molecule has 0 spiro atoms. The van der Waals surface area contributed by atoms with Crippen LogP contribution in [0.1, 0.15) is 0 Å². The van der Waals surface area contributed by atoms with E-state index in [1.54, 1.807) is 18.2 Å². The summed E-state index contributed by atoms with van der Waals surface area (Å²) in [6, 6.07) is 8.77. The van der Waals surface area contributed by atoms with Crippen LogP contribution >= 0.6 is 34.8 Å². The largest absolute Gasteiger partial charge is 0.416 e. The van der Waals surface area contributed by atoms with E-state index in [9.17, 15) is 10.1 Å². The van der Waals surface area contributed by atoms with Gasteiger partial charge < -0.3 is 4.42 Å². The number of nitro benzene ring substituents is 1. The van der Waals surface area contributed by atoms with Gasteiger partial charge in [0.15, 0.2) is 0 Å². The Bertz CT molecular complexity index is 911. The van der Waals surface area contributed by atoms with E-state index in [1.165, 1.54) is 18.2 Å². The van der Waals surface area contributed by atoms with Crippen molar-refractivity contribution in [2.24, 2.45) is 0 Å². The third kappa shape index (κ3) is 3.14. The van der Waals surface area contributed by atoms with Crippen molar-refractivity contribution in [3.8, 4) is 22.9 Å². The van der Waals surface area contributed by atoms with Crippen LogP contribution in [0, 0.1) is 10.1 Å². The van der Waals surface area contributed by atoms with E-state index in [4.69, 9.17) is 39.2 Å². The molecule has 23 heavy (non-hydrogen) atoms. The Balaban J connectivity index is 2.05. The summed E-state index contributed by atoms with van der Waals surface area (Å²) >= 11 is 18.0. The lowest BCUT2D eigenvalue weighted by molar-refractivity contribution is -0.384. The lowest BCUT2D eigenvalue weighted by Gasteiger charge is -2.00. The van der Waals surface area contributed by atoms with Gasteiger partial charge in [0, 0.05) is 17.2 Å². The van der Waals surface area contributed by atoms with Crippen molar-refractivity contribution in [3.63, 3.8) is 0 Å². The lowest BCUT2D eigenvalue weighted by atomic mass is 10.2. The summed E-state index contributed by atoms with van der Waals surface area (Å²) in [7, 11) is 0. The van der Waals surface area contributed by atoms with Crippen molar-refractivity contribution < 1.29 is 9.34 Å². The molecule has 0 aliphatic rings. The molecule has 116 valence electrons. The number of aromatic nitrogens is 2. The van der Waals surface area contributed by atoms with E-state index in [-0.39, 0.29) is 28.1 Å². The van der Waals surface area contributed by atoms with E-state index in [1.807, 2.05) is 0 Å². The fourth-order valence-electron chi connectivity index (χ4n) is 1.89. The first-order chi connectivity index (χ1) is 11.0. The monoisotopic (exact) mass is 369 g/mol. The number of nitrogens with zero attached hydrogens (tertiary/aromatic N) is 3. The maximum Gasteiger partial charge on any atom is 0.270 e. The molecule has 2 aromatic carbocycles. The number of non-ortho nitro benzene ring substituents is 1. The molecule has 0 atom stereocenters. The van der Waals surface area contributed by atoms with Crippen molar-refractivity contribution in [1.82, 2.24) is 10.2 Å². The van der Waals surface area contributed by atoms with E-state index < -0.39 is 4.92 Å². The minimum Gasteiger partial charge on any atom is -0.416 e. The zero-order valence-electron chi connectivity index (χ0n) is 11.2. The number of hydrogen-bond acceptors (Lipinski definition) is 5. The van der Waals surface area contributed by atoms with Crippen LogP contribution < -0.4 is 0 Å². The second-order valence-electron chi connectivity index (χ2n) is 4.46. The van der Waals surface area contributed by atoms with Gasteiger partial charge in [-0.15, -0.1) is 10.2 Å². The smallest absolute Gasteiger partial charge is 0.270 e. The predicted molar refractivity (Wildman–Crippen MR) is 86.9 cm³/mol. The zero-order valence-corrected chi connectivity index (χ0v) is 13.4. The van der Waals surface area contributed by atoms with Crippen molar-refractivity contribution in [2.45, 2.75) is 0 Å². The molecule has 0 N–H and O–H groups in total. The van der Waals surface area contributed by atoms with E-state index in [2.05, 4.69) is 10.2 Å². The highest BCUT2D eigenvalue weighted by molar-refractivity contribution is 6.36. The maximum absolute atomic E-state index is 10.9. The van der Waals surface area contributed by atoms with Gasteiger partial charge in [0.1, 0.15) is 0 Å². The molecule has 6 nitrogen and oxygen atoms in total. The first-order valence-electron chi connectivity index (χ1n) is 6.19. The molecular weight excluding hydrogens is 365 g/mol. The molecule has 0 fully saturated rings. The topological polar surface area (TPSA) is 82.1 Å². The van der Waals surface area contributed by atoms with Gasteiger partial charge in [0.2, 0.25) is 11.8 Å². The quantitative estimate of drug-likeness (QED) is 0.463. The van der Waals surface area contributed by atoms with Crippen molar-refractivity contribution in [3.05, 3.63) is 61.6 Å². The molecule has 0 saturated heterocycles. The van der Waals surface area contributed by atoms with Gasteiger partial charge in [-0.3, -0.25) is 10.1 Å². The highest BCUT2D eigenvalue weighted by Crippen LogP contribution is 2.34. The average molecular weight is 371 g/mol. The molecule has 0 saturated carbocycles. The van der Waals surface area contributed by atoms with E-state index in [0.29, 0.717) is 15.6 Å². The SMILES string of the molecule is O=[N+]([O-])c1ccc(Cl)c(-c2nnc(-c3ccc(Cl)cc3Cl)o2)c1. The van der Waals surface area contributed by atoms with Gasteiger partial charge >= 0.3 is 0 Å². The highest BCUT2D eigenvalue weighted by Gasteiger charge is 2.18. The summed E-state index contributed by atoms with van der Waals surface area (Å²) in [6.45, 7) is 0. The molecule has 1 aromatic heterocycles. The third-order valence-corrected chi connectivity index (χ3v) is 3.86. The fourth-order valence-corrected chi connectivity index (χ4v) is 2.58. The number of hydrogen-bond donors (Lipinski definition) is 0. The molecule has 0 radical (unpaired) electrons. The molecule has 3 aromatic rings. The Morgan fingerprint density at radius 1 is 0.913 bits per heavy atom. The number of benzene rings is 2. The second-order valence-corrected chi connectivity index (χ2v) is 5.71. The molecule has 0 unspecified atom stereocenters. The van der Waals surface area contributed by atoms with Crippen LogP contribution in [0.5, 0.6) is 0 Å². The number of rotatable bonds is 3. The summed E-state index contributed by atoms with van der Waals surface area (Å²) in [5, 5.41) is 19.7. The molecule has 9 heteroatoms. The molecule has 0 amide bonds. The van der Waals surface area contributed by atoms with E-state index >= 15 is 0 Å². The molecule has 3 rings (SSSR count). The molecule has 1 heterocycles. The van der Waals surface area contributed by atoms with Gasteiger partial charge in [-0.05, 0) is 24.3 Å². The Morgan fingerprint density at radius 2 is 1.61 bits per heavy atom. The van der Waals surface area contributed by atoms with Gasteiger partial charge in [0.05, 0.1) is 26.1 Å². The normalized spacial score (nSPS) is 10.7. The Kier molecular flexibility index (Phi) is 4.21. The average Bonchev–Trinajstić information content (AvgIpc) is 2.96. The van der Waals surface area contributed by atoms with Crippen molar-refractivity contribution >= 4 is 40.5 Å². The van der Waals surface area contributed by atoms with Crippen LogP contribution in [0.4, 0.5) is 5.69 Å². The van der Waals surface area contributed by atoms with Crippen LogP contribution in [0.3, 0.4) is 0 Å². The first kappa shape index (κ1) is 15.7. The van der Waals surface area contributed by atoms with Crippen LogP contribution in [0.15, 0.2) is 40.8 Å². The summed E-state index contributed by atoms with van der Waals surface area (Å²) in [4.78, 5) is 10.3. The Hall–Kier alpha value is -2.15. The fraction of sp³-hybridized carbons (Fsp3) is 0. The molecule has 0 bridgehead atoms. The highest BCUT2D eigenvalue weighted by atomic mass is 35.5. The summed E-state index contributed by atoms with van der Waals surface area (Å²) in [5.74, 6) is 0.212. The lowest BCUT2D eigenvalue weighted by Crippen LogP contribution is -1.89. The van der Waals surface area contributed by atoms with Crippen molar-refractivity contribution in [2.75, 3.05) is 0 Å². The van der Waals surface area contributed by atoms with Crippen LogP contribution in [0.2, 0.25) is 15.1 Å². The Morgan fingerprint density at radius 3 is 2.26 bits per heavy atom. The zero-order chi connectivity index (χ0) is 16.6. The molecule has 0 aliphatic carbocycles. The number of halogens is 3. The summed E-state index contributed by atoms with van der Waals surface area (Å²) < 4.78 is 5.54. The standard InChI is InChI=1S/C14H6Cl3N3O3/c15-7-1-3-9(12(17)5-7)13-18-19-14(23-13)10-6-8(20(21)22)2-4-11(10)16/h1-6H. The summed E-state index contributed by atoms with van der Waals surface area (Å²) in [6.07, 6.45) is 0.